The number of aliphatic hydroxyl groups excluding tert-OH is 1. The molecule has 252 valence electrons. The Morgan fingerprint density at radius 1 is 1.02 bits per heavy atom. The average molecular weight is 658 g/mol. The Labute approximate surface area is 276 Å². The van der Waals surface area contributed by atoms with Gasteiger partial charge in [0.25, 0.3) is 0 Å². The number of esters is 1. The smallest absolute Gasteiger partial charge is 0.319 e. The van der Waals surface area contributed by atoms with Gasteiger partial charge in [0, 0.05) is 18.5 Å². The van der Waals surface area contributed by atoms with E-state index in [1.807, 2.05) is 36.4 Å². The molecule has 0 aromatic heterocycles. The van der Waals surface area contributed by atoms with Crippen molar-refractivity contribution in [3.05, 3.63) is 65.2 Å². The molecule has 7 atom stereocenters. The third-order valence-electron chi connectivity index (χ3n) is 10.4. The van der Waals surface area contributed by atoms with E-state index in [4.69, 9.17) is 10.5 Å². The van der Waals surface area contributed by atoms with Crippen molar-refractivity contribution in [2.24, 2.45) is 29.4 Å². The summed E-state index contributed by atoms with van der Waals surface area (Å²) in [4.78, 5) is 67.7. The number of nitrogens with zero attached hydrogens (tertiary/aromatic N) is 1. The van der Waals surface area contributed by atoms with Gasteiger partial charge in [0.15, 0.2) is 23.0 Å². The first kappa shape index (κ1) is 33.4. The minimum atomic E-state index is -2.72. The van der Waals surface area contributed by atoms with E-state index in [-0.39, 0.29) is 36.7 Å². The molecule has 3 aliphatic rings. The van der Waals surface area contributed by atoms with Crippen LogP contribution >= 0.6 is 0 Å². The molecule has 0 heterocycles. The van der Waals surface area contributed by atoms with Gasteiger partial charge in [-0.05, 0) is 78.9 Å². The number of likely N-dealkylation sites (N-methyl/N-ethyl adjacent to an activating group) is 1. The highest BCUT2D eigenvalue weighted by Crippen LogP contribution is 2.52. The summed E-state index contributed by atoms with van der Waals surface area (Å²) in [7, 11) is 3.22. The van der Waals surface area contributed by atoms with Crippen LogP contribution in [0, 0.1) is 23.7 Å². The van der Waals surface area contributed by atoms with Crippen molar-refractivity contribution in [2.45, 2.75) is 44.1 Å². The molecule has 0 bridgehead atoms. The van der Waals surface area contributed by atoms with Gasteiger partial charge in [-0.1, -0.05) is 42.5 Å². The molecule has 2 fully saturated rings. The maximum atomic E-state index is 14.2. The SMILES string of the molecule is CCOC(=O)CNCc1ccc(-c2ccc(O)c3c2C[C@@H]2C[C@@H]4[C@@H](N(C)C)C(O)C(C(N)=O)C(=O)[C@]4(O)C(=O)C2C3=O)c2ccccc12. The zero-order chi connectivity index (χ0) is 34.7. The maximum absolute atomic E-state index is 14.2. The van der Waals surface area contributed by atoms with Crippen LogP contribution in [0.2, 0.25) is 0 Å². The van der Waals surface area contributed by atoms with E-state index in [1.165, 1.54) is 6.07 Å². The molecule has 6 N–H and O–H groups in total. The molecule has 12 heteroatoms. The Hall–Kier alpha value is -4.49. The Balaban J connectivity index is 1.42. The normalized spacial score (nSPS) is 28.2. The Bertz CT molecular complexity index is 1860. The number of carbonyl (C=O) groups excluding carboxylic acids is 5. The first-order valence-corrected chi connectivity index (χ1v) is 16.0. The Kier molecular flexibility index (Phi) is 8.71. The summed E-state index contributed by atoms with van der Waals surface area (Å²) in [5, 5.41) is 38.9. The first-order valence-electron chi connectivity index (χ1n) is 16.0. The number of rotatable bonds is 8. The van der Waals surface area contributed by atoms with Crippen LogP contribution in [0.1, 0.15) is 34.8 Å². The largest absolute Gasteiger partial charge is 0.507 e. The van der Waals surface area contributed by atoms with Gasteiger partial charge in [-0.2, -0.15) is 0 Å². The monoisotopic (exact) mass is 657 g/mol. The number of carbonyl (C=O) groups is 5. The van der Waals surface area contributed by atoms with Gasteiger partial charge < -0.3 is 36.0 Å². The number of hydrogen-bond acceptors (Lipinski definition) is 11. The van der Waals surface area contributed by atoms with Crippen LogP contribution < -0.4 is 11.1 Å². The summed E-state index contributed by atoms with van der Waals surface area (Å²) >= 11 is 0. The molecule has 2 saturated carbocycles. The summed E-state index contributed by atoms with van der Waals surface area (Å²) in [5.41, 5.74) is 5.64. The highest BCUT2D eigenvalue weighted by Gasteiger charge is 2.69. The number of phenols is 1. The lowest BCUT2D eigenvalue weighted by molar-refractivity contribution is -0.190. The van der Waals surface area contributed by atoms with Crippen LogP contribution in [0.3, 0.4) is 0 Å². The second-order valence-electron chi connectivity index (χ2n) is 13.2. The predicted molar refractivity (Wildman–Crippen MR) is 174 cm³/mol. The lowest BCUT2D eigenvalue weighted by Gasteiger charge is -2.54. The van der Waals surface area contributed by atoms with Crippen molar-refractivity contribution in [1.29, 1.82) is 0 Å². The van der Waals surface area contributed by atoms with Gasteiger partial charge in [-0.15, -0.1) is 0 Å². The third kappa shape index (κ3) is 5.11. The van der Waals surface area contributed by atoms with Crippen LogP contribution in [0.25, 0.3) is 21.9 Å². The van der Waals surface area contributed by atoms with Crippen LogP contribution in [-0.2, 0) is 36.9 Å². The lowest BCUT2D eigenvalue weighted by Crippen LogP contribution is -2.75. The predicted octanol–water partition coefficient (Wildman–Crippen LogP) is 1.13. The van der Waals surface area contributed by atoms with Crippen LogP contribution in [0.4, 0.5) is 0 Å². The molecular formula is C36H39N3O9. The summed E-state index contributed by atoms with van der Waals surface area (Å²) < 4.78 is 5.00. The van der Waals surface area contributed by atoms with Crippen molar-refractivity contribution in [1.82, 2.24) is 10.2 Å². The van der Waals surface area contributed by atoms with Crippen molar-refractivity contribution in [3.8, 4) is 16.9 Å². The highest BCUT2D eigenvalue weighted by molar-refractivity contribution is 6.26. The van der Waals surface area contributed by atoms with Crippen LogP contribution in [0.5, 0.6) is 5.75 Å². The maximum Gasteiger partial charge on any atom is 0.319 e. The minimum absolute atomic E-state index is 0.0239. The topological polar surface area (TPSA) is 197 Å². The number of phenolic OH excluding ortho intramolecular Hbond substituents is 1. The number of ketones is 3. The summed E-state index contributed by atoms with van der Waals surface area (Å²) in [5.74, 6) is -9.84. The number of nitrogens with one attached hydrogen (secondary N) is 1. The fraction of sp³-hybridized carbons (Fsp3) is 0.417. The quantitative estimate of drug-likeness (QED) is 0.172. The van der Waals surface area contributed by atoms with Gasteiger partial charge in [-0.25, -0.2) is 0 Å². The van der Waals surface area contributed by atoms with E-state index in [0.29, 0.717) is 24.3 Å². The summed E-state index contributed by atoms with van der Waals surface area (Å²) in [6, 6.07) is 13.7. The van der Waals surface area contributed by atoms with E-state index in [0.717, 1.165) is 21.9 Å². The average Bonchev–Trinajstić information content (AvgIpc) is 3.03. The van der Waals surface area contributed by atoms with Crippen LogP contribution in [-0.4, -0.2) is 94.4 Å². The molecule has 12 nitrogen and oxygen atoms in total. The zero-order valence-corrected chi connectivity index (χ0v) is 26.9. The highest BCUT2D eigenvalue weighted by atomic mass is 16.5. The van der Waals surface area contributed by atoms with Gasteiger partial charge >= 0.3 is 5.97 Å². The first-order chi connectivity index (χ1) is 22.8. The fourth-order valence-corrected chi connectivity index (χ4v) is 8.34. The van der Waals surface area contributed by atoms with Gasteiger partial charge in [0.1, 0.15) is 11.7 Å². The number of amides is 1. The molecule has 0 spiro atoms. The molecule has 6 rings (SSSR count). The standard InChI is InChI=1S/C36H39N3O9/c1-4-48-26(41)16-38-15-17-9-10-21(20-8-6-5-7-19(17)20)22-11-12-25(40)28-23(22)13-18-14-24-30(39(2)3)32(43)29(35(37)46)34(45)36(24,47)33(44)27(18)31(28)42/h5-12,18,24,27,29-30,32,38,40,43,47H,4,13-16H2,1-3H3,(H2,37,46)/t18-,24-,27?,29?,30-,32?,36-/m1/s1. The van der Waals surface area contributed by atoms with Gasteiger partial charge in [0.2, 0.25) is 5.91 Å². The van der Waals surface area contributed by atoms with Gasteiger partial charge in [0.05, 0.1) is 30.7 Å². The molecule has 48 heavy (non-hydrogen) atoms. The lowest BCUT2D eigenvalue weighted by atomic mass is 9.52. The molecule has 3 aromatic carbocycles. The summed E-state index contributed by atoms with van der Waals surface area (Å²) in [6.45, 7) is 2.49. The second-order valence-corrected chi connectivity index (χ2v) is 13.2. The van der Waals surface area contributed by atoms with Crippen LogP contribution in [0.15, 0.2) is 48.5 Å². The molecule has 3 aliphatic carbocycles. The number of aliphatic hydroxyl groups is 2. The molecule has 3 unspecified atom stereocenters. The van der Waals surface area contributed by atoms with E-state index < -0.39 is 64.7 Å². The number of aromatic hydroxyl groups is 1. The number of Topliss-reactive ketones (excluding diaryl/α,β-unsaturated/α-hetero) is 3. The third-order valence-corrected chi connectivity index (χ3v) is 10.4. The number of fused-ring (bicyclic) bond motifs is 4. The van der Waals surface area contributed by atoms with Gasteiger partial charge in [-0.3, -0.25) is 24.0 Å². The zero-order valence-electron chi connectivity index (χ0n) is 26.9. The minimum Gasteiger partial charge on any atom is -0.507 e. The van der Waals surface area contributed by atoms with Crippen molar-refractivity contribution in [3.63, 3.8) is 0 Å². The van der Waals surface area contributed by atoms with Crippen molar-refractivity contribution >= 4 is 40.0 Å². The van der Waals surface area contributed by atoms with E-state index in [1.54, 1.807) is 32.0 Å². The molecule has 0 aliphatic heterocycles. The molecule has 1 amide bonds. The molecule has 0 radical (unpaired) electrons. The van der Waals surface area contributed by atoms with E-state index in [9.17, 15) is 39.3 Å². The van der Waals surface area contributed by atoms with E-state index in [2.05, 4.69) is 5.32 Å². The molecule has 0 saturated heterocycles. The van der Waals surface area contributed by atoms with E-state index >= 15 is 0 Å². The Morgan fingerprint density at radius 3 is 2.38 bits per heavy atom. The number of benzene rings is 3. The van der Waals surface area contributed by atoms with Crippen molar-refractivity contribution in [2.75, 3.05) is 27.2 Å². The number of primary amides is 1. The number of nitrogens with two attached hydrogens (primary N) is 1. The number of ether oxygens (including phenoxy) is 1. The Morgan fingerprint density at radius 2 is 1.71 bits per heavy atom. The number of hydrogen-bond donors (Lipinski definition) is 5. The molecule has 3 aromatic rings. The van der Waals surface area contributed by atoms with Crippen molar-refractivity contribution < 1.29 is 44.0 Å². The second kappa shape index (κ2) is 12.5. The summed E-state index contributed by atoms with van der Waals surface area (Å²) in [6.07, 6.45) is -1.37. The molecular weight excluding hydrogens is 618 g/mol. The fourth-order valence-electron chi connectivity index (χ4n) is 8.34.